The summed E-state index contributed by atoms with van der Waals surface area (Å²) in [5.74, 6) is -1.41. The second kappa shape index (κ2) is 10.2. The van der Waals surface area contributed by atoms with Crippen LogP contribution in [-0.4, -0.2) is 37.7 Å². The Kier molecular flexibility index (Phi) is 7.42. The van der Waals surface area contributed by atoms with Crippen molar-refractivity contribution >= 4 is 35.8 Å². The SMILES string of the molecule is O=C(NC(C(=O)O)c1ccc(Cn2nccn2)s1)C(CS)CCc1ccccc1. The molecule has 3 aromatic rings. The largest absolute Gasteiger partial charge is 0.479 e. The summed E-state index contributed by atoms with van der Waals surface area (Å²) in [6, 6.07) is 12.3. The van der Waals surface area contributed by atoms with Crippen LogP contribution in [0.1, 0.15) is 27.8 Å². The summed E-state index contributed by atoms with van der Waals surface area (Å²) in [5, 5.41) is 20.4. The highest BCUT2D eigenvalue weighted by molar-refractivity contribution is 7.80. The summed E-state index contributed by atoms with van der Waals surface area (Å²) in [4.78, 5) is 27.5. The van der Waals surface area contributed by atoms with Crippen LogP contribution in [0.15, 0.2) is 54.9 Å². The number of benzene rings is 1. The highest BCUT2D eigenvalue weighted by Crippen LogP contribution is 2.25. The molecule has 29 heavy (non-hydrogen) atoms. The molecule has 2 atom stereocenters. The Balaban J connectivity index is 1.63. The van der Waals surface area contributed by atoms with E-state index >= 15 is 0 Å². The van der Waals surface area contributed by atoms with Crippen LogP contribution in [0.3, 0.4) is 0 Å². The number of carbonyl (C=O) groups excluding carboxylic acids is 1. The third-order valence-corrected chi connectivity index (χ3v) is 6.06. The molecule has 1 aromatic carbocycles. The van der Waals surface area contributed by atoms with Gasteiger partial charge in [0, 0.05) is 21.4 Å². The fourth-order valence-corrected chi connectivity index (χ4v) is 4.29. The third-order valence-electron chi connectivity index (χ3n) is 4.48. The molecular weight excluding hydrogens is 408 g/mol. The van der Waals surface area contributed by atoms with Gasteiger partial charge in [0.25, 0.3) is 0 Å². The van der Waals surface area contributed by atoms with Crippen molar-refractivity contribution in [3.8, 4) is 0 Å². The number of carboxylic acid groups (broad SMARTS) is 1. The van der Waals surface area contributed by atoms with E-state index < -0.39 is 12.0 Å². The zero-order valence-electron chi connectivity index (χ0n) is 15.6. The van der Waals surface area contributed by atoms with Crippen molar-refractivity contribution in [2.24, 2.45) is 5.92 Å². The molecule has 2 unspecified atom stereocenters. The average molecular weight is 431 g/mol. The fourth-order valence-electron chi connectivity index (χ4n) is 2.90. The van der Waals surface area contributed by atoms with Crippen LogP contribution in [0.2, 0.25) is 0 Å². The molecule has 2 aromatic heterocycles. The first kappa shape index (κ1) is 21.1. The Labute approximate surface area is 178 Å². The number of nitrogens with one attached hydrogen (secondary N) is 1. The van der Waals surface area contributed by atoms with E-state index in [2.05, 4.69) is 28.1 Å². The molecular formula is C20H22N4O3S2. The Morgan fingerprint density at radius 2 is 1.86 bits per heavy atom. The van der Waals surface area contributed by atoms with Crippen molar-refractivity contribution < 1.29 is 14.7 Å². The molecule has 0 fully saturated rings. The molecule has 9 heteroatoms. The molecule has 7 nitrogen and oxygen atoms in total. The van der Waals surface area contributed by atoms with E-state index in [1.165, 1.54) is 16.1 Å². The smallest absolute Gasteiger partial charge is 0.331 e. The van der Waals surface area contributed by atoms with Gasteiger partial charge in [-0.25, -0.2) is 4.79 Å². The van der Waals surface area contributed by atoms with Crippen LogP contribution in [0, 0.1) is 5.92 Å². The molecule has 0 spiro atoms. The van der Waals surface area contributed by atoms with E-state index in [9.17, 15) is 14.7 Å². The standard InChI is InChI=1S/C20H22N4O3S2/c25-19(15(13-28)7-6-14-4-2-1-3-5-14)23-18(20(26)27)17-9-8-16(29-17)12-24-21-10-11-22-24/h1-5,8-11,15,18,28H,6-7,12-13H2,(H,23,25)(H,26,27). The Bertz CT molecular complexity index is 928. The zero-order valence-corrected chi connectivity index (χ0v) is 17.4. The molecule has 0 bridgehead atoms. The molecule has 0 radical (unpaired) electrons. The lowest BCUT2D eigenvalue weighted by Crippen LogP contribution is -2.38. The van der Waals surface area contributed by atoms with Crippen LogP contribution in [-0.2, 0) is 22.6 Å². The number of carboxylic acids is 1. The van der Waals surface area contributed by atoms with Gasteiger partial charge in [-0.3, -0.25) is 4.79 Å². The minimum atomic E-state index is -1.09. The van der Waals surface area contributed by atoms with Crippen molar-refractivity contribution in [2.45, 2.75) is 25.4 Å². The van der Waals surface area contributed by atoms with E-state index in [4.69, 9.17) is 0 Å². The van der Waals surface area contributed by atoms with Gasteiger partial charge in [-0.15, -0.1) is 11.3 Å². The summed E-state index contributed by atoms with van der Waals surface area (Å²) in [6.07, 6.45) is 4.51. The van der Waals surface area contributed by atoms with Crippen LogP contribution in [0.4, 0.5) is 0 Å². The second-order valence-electron chi connectivity index (χ2n) is 6.55. The molecule has 0 aliphatic heterocycles. The molecule has 0 saturated carbocycles. The van der Waals surface area contributed by atoms with Gasteiger partial charge in [0.1, 0.15) is 0 Å². The third kappa shape index (κ3) is 5.91. The van der Waals surface area contributed by atoms with Gasteiger partial charge in [0.15, 0.2) is 6.04 Å². The van der Waals surface area contributed by atoms with Crippen LogP contribution in [0.25, 0.3) is 0 Å². The predicted molar refractivity (Wildman–Crippen MR) is 114 cm³/mol. The maximum absolute atomic E-state index is 12.7. The summed E-state index contributed by atoms with van der Waals surface area (Å²) in [6.45, 7) is 0.453. The van der Waals surface area contributed by atoms with Crippen molar-refractivity contribution in [1.29, 1.82) is 0 Å². The Morgan fingerprint density at radius 3 is 2.52 bits per heavy atom. The minimum Gasteiger partial charge on any atom is -0.479 e. The van der Waals surface area contributed by atoms with E-state index in [-0.39, 0.29) is 11.8 Å². The first-order valence-electron chi connectivity index (χ1n) is 9.17. The Morgan fingerprint density at radius 1 is 1.14 bits per heavy atom. The monoisotopic (exact) mass is 430 g/mol. The first-order valence-corrected chi connectivity index (χ1v) is 10.6. The first-order chi connectivity index (χ1) is 14.1. The summed E-state index contributed by atoms with van der Waals surface area (Å²) in [7, 11) is 0. The minimum absolute atomic E-state index is 0.299. The van der Waals surface area contributed by atoms with Crippen LogP contribution >= 0.6 is 24.0 Å². The van der Waals surface area contributed by atoms with Crippen LogP contribution < -0.4 is 5.32 Å². The lowest BCUT2D eigenvalue weighted by Gasteiger charge is -2.18. The van der Waals surface area contributed by atoms with Crippen molar-refractivity contribution in [1.82, 2.24) is 20.3 Å². The zero-order chi connectivity index (χ0) is 20.6. The summed E-state index contributed by atoms with van der Waals surface area (Å²) < 4.78 is 0. The number of thiol groups is 1. The maximum atomic E-state index is 12.7. The molecule has 0 saturated heterocycles. The predicted octanol–water partition coefficient (Wildman–Crippen LogP) is 2.81. The van der Waals surface area contributed by atoms with E-state index in [0.717, 1.165) is 16.9 Å². The molecule has 1 amide bonds. The van der Waals surface area contributed by atoms with Gasteiger partial charge in [0.05, 0.1) is 18.9 Å². The maximum Gasteiger partial charge on any atom is 0.331 e. The number of aryl methyl sites for hydroxylation is 1. The summed E-state index contributed by atoms with van der Waals surface area (Å²) in [5.41, 5.74) is 1.14. The average Bonchev–Trinajstić information content (AvgIpc) is 3.40. The topological polar surface area (TPSA) is 97.1 Å². The van der Waals surface area contributed by atoms with Crippen LogP contribution in [0.5, 0.6) is 0 Å². The molecule has 0 aliphatic rings. The van der Waals surface area contributed by atoms with Gasteiger partial charge >= 0.3 is 5.97 Å². The lowest BCUT2D eigenvalue weighted by atomic mass is 9.99. The number of carbonyl (C=O) groups is 2. The van der Waals surface area contributed by atoms with Gasteiger partial charge < -0.3 is 10.4 Å². The van der Waals surface area contributed by atoms with Gasteiger partial charge in [-0.1, -0.05) is 30.3 Å². The number of nitrogens with zero attached hydrogens (tertiary/aromatic N) is 3. The summed E-state index contributed by atoms with van der Waals surface area (Å²) >= 11 is 5.62. The molecule has 2 N–H and O–H groups in total. The van der Waals surface area contributed by atoms with Gasteiger partial charge in [-0.05, 0) is 30.5 Å². The normalized spacial score (nSPS) is 13.0. The van der Waals surface area contributed by atoms with E-state index in [1.54, 1.807) is 18.5 Å². The van der Waals surface area contributed by atoms with Crippen molar-refractivity contribution in [2.75, 3.05) is 5.75 Å². The lowest BCUT2D eigenvalue weighted by molar-refractivity contribution is -0.142. The number of hydrogen-bond donors (Lipinski definition) is 3. The van der Waals surface area contributed by atoms with Crippen molar-refractivity contribution in [3.05, 3.63) is 70.2 Å². The highest BCUT2D eigenvalue weighted by atomic mass is 32.1. The van der Waals surface area contributed by atoms with Gasteiger partial charge in [-0.2, -0.15) is 27.6 Å². The number of hydrogen-bond acceptors (Lipinski definition) is 6. The number of amides is 1. The number of rotatable bonds is 10. The fraction of sp³-hybridized carbons (Fsp3) is 0.300. The van der Waals surface area contributed by atoms with E-state index in [0.29, 0.717) is 23.6 Å². The highest BCUT2D eigenvalue weighted by Gasteiger charge is 2.27. The quantitative estimate of drug-likeness (QED) is 0.430. The second-order valence-corrected chi connectivity index (χ2v) is 8.11. The van der Waals surface area contributed by atoms with Gasteiger partial charge in [0.2, 0.25) is 5.91 Å². The van der Waals surface area contributed by atoms with E-state index in [1.807, 2.05) is 36.4 Å². The molecule has 152 valence electrons. The van der Waals surface area contributed by atoms with Crippen molar-refractivity contribution in [3.63, 3.8) is 0 Å². The number of aromatic nitrogens is 3. The Hall–Kier alpha value is -2.65. The molecule has 2 heterocycles. The number of thiophene rings is 1. The molecule has 0 aliphatic carbocycles. The number of aliphatic carboxylic acids is 1. The molecule has 3 rings (SSSR count).